The average Bonchev–Trinajstić information content (AvgIpc) is 2.92. The largest absolute Gasteiger partial charge is 0.306 e. The summed E-state index contributed by atoms with van der Waals surface area (Å²) in [6.45, 7) is 3.08. The van der Waals surface area contributed by atoms with Gasteiger partial charge in [-0.1, -0.05) is 11.6 Å². The number of hydrogen-bond acceptors (Lipinski definition) is 3. The molecule has 1 aliphatic rings. The second-order valence-electron chi connectivity index (χ2n) is 5.17. The van der Waals surface area contributed by atoms with Gasteiger partial charge in [-0.15, -0.1) is 11.8 Å². The van der Waals surface area contributed by atoms with Crippen LogP contribution in [0.2, 0.25) is 5.02 Å². The van der Waals surface area contributed by atoms with Crippen LogP contribution in [0.4, 0.5) is 0 Å². The monoisotopic (exact) mass is 307 g/mol. The lowest BCUT2D eigenvalue weighted by atomic mass is 10.0. The van der Waals surface area contributed by atoms with E-state index in [0.29, 0.717) is 12.1 Å². The van der Waals surface area contributed by atoms with E-state index in [9.17, 15) is 0 Å². The highest BCUT2D eigenvalue weighted by Crippen LogP contribution is 2.37. The van der Waals surface area contributed by atoms with E-state index in [1.54, 1.807) is 0 Å². The molecule has 0 aliphatic carbocycles. The third-order valence-electron chi connectivity index (χ3n) is 3.52. The Morgan fingerprint density at radius 2 is 2.45 bits per heavy atom. The van der Waals surface area contributed by atoms with Gasteiger partial charge in [0.15, 0.2) is 0 Å². The maximum atomic E-state index is 6.14. The van der Waals surface area contributed by atoms with E-state index < -0.39 is 0 Å². The smallest absolute Gasteiger partial charge is 0.0560 e. The zero-order valence-corrected chi connectivity index (χ0v) is 13.0. The first kappa shape index (κ1) is 14.0. The van der Waals surface area contributed by atoms with Crippen LogP contribution in [0.25, 0.3) is 0 Å². The zero-order chi connectivity index (χ0) is 13.9. The summed E-state index contributed by atoms with van der Waals surface area (Å²) in [6.07, 6.45) is 4.96. The van der Waals surface area contributed by atoms with Crippen LogP contribution in [-0.4, -0.2) is 21.6 Å². The Hall–Kier alpha value is -0.970. The highest BCUT2D eigenvalue weighted by Gasteiger charge is 2.22. The van der Waals surface area contributed by atoms with Crippen molar-refractivity contribution in [3.8, 4) is 0 Å². The Morgan fingerprint density at radius 1 is 1.55 bits per heavy atom. The van der Waals surface area contributed by atoms with Gasteiger partial charge in [-0.2, -0.15) is 5.10 Å². The van der Waals surface area contributed by atoms with Gasteiger partial charge in [0, 0.05) is 34.4 Å². The lowest BCUT2D eigenvalue weighted by Crippen LogP contribution is -2.35. The highest BCUT2D eigenvalue weighted by atomic mass is 35.5. The van der Waals surface area contributed by atoms with Gasteiger partial charge in [0.05, 0.1) is 6.54 Å². The molecule has 0 bridgehead atoms. The first-order chi connectivity index (χ1) is 9.72. The Labute approximate surface area is 128 Å². The number of nitrogens with zero attached hydrogens (tertiary/aromatic N) is 2. The number of nitrogens with one attached hydrogen (secondary N) is 1. The van der Waals surface area contributed by atoms with Gasteiger partial charge in [-0.25, -0.2) is 0 Å². The van der Waals surface area contributed by atoms with Gasteiger partial charge in [-0.3, -0.25) is 4.68 Å². The van der Waals surface area contributed by atoms with Crippen molar-refractivity contribution in [1.82, 2.24) is 15.1 Å². The molecule has 0 spiro atoms. The predicted octanol–water partition coefficient (Wildman–Crippen LogP) is 3.75. The van der Waals surface area contributed by atoms with Crippen molar-refractivity contribution in [3.63, 3.8) is 0 Å². The summed E-state index contributed by atoms with van der Waals surface area (Å²) >= 11 is 8.06. The number of aromatic nitrogens is 2. The first-order valence-corrected chi connectivity index (χ1v) is 8.24. The van der Waals surface area contributed by atoms with E-state index in [4.69, 9.17) is 11.6 Å². The molecule has 2 heterocycles. The molecule has 1 N–H and O–H groups in total. The van der Waals surface area contributed by atoms with Crippen molar-refractivity contribution in [2.45, 2.75) is 36.9 Å². The molecule has 0 saturated carbocycles. The Kier molecular flexibility index (Phi) is 4.34. The molecule has 2 unspecified atom stereocenters. The van der Waals surface area contributed by atoms with Crippen molar-refractivity contribution < 1.29 is 0 Å². The van der Waals surface area contributed by atoms with E-state index in [1.165, 1.54) is 10.5 Å². The standard InChI is InChI=1S/C15H18ClN3S/c1-11(10-19-7-2-6-17-19)18-14-5-8-20-15-4-3-12(16)9-13(14)15/h2-4,6-7,9,11,14,18H,5,8,10H2,1H3. The normalized spacial score (nSPS) is 19.6. The summed E-state index contributed by atoms with van der Waals surface area (Å²) in [4.78, 5) is 1.35. The van der Waals surface area contributed by atoms with Gasteiger partial charge < -0.3 is 5.32 Å². The second kappa shape index (κ2) is 6.20. The molecule has 20 heavy (non-hydrogen) atoms. The molecular formula is C15H18ClN3S. The molecular weight excluding hydrogens is 290 g/mol. The van der Waals surface area contributed by atoms with E-state index in [1.807, 2.05) is 41.0 Å². The van der Waals surface area contributed by atoms with Crippen LogP contribution >= 0.6 is 23.4 Å². The van der Waals surface area contributed by atoms with Gasteiger partial charge in [0.2, 0.25) is 0 Å². The minimum absolute atomic E-state index is 0.370. The van der Waals surface area contributed by atoms with Crippen LogP contribution in [-0.2, 0) is 6.54 Å². The molecule has 106 valence electrons. The van der Waals surface area contributed by atoms with Crippen molar-refractivity contribution >= 4 is 23.4 Å². The molecule has 2 atom stereocenters. The topological polar surface area (TPSA) is 29.9 Å². The molecule has 1 aliphatic heterocycles. The molecule has 1 aromatic carbocycles. The predicted molar refractivity (Wildman–Crippen MR) is 84.4 cm³/mol. The number of hydrogen-bond donors (Lipinski definition) is 1. The summed E-state index contributed by atoms with van der Waals surface area (Å²) in [5.74, 6) is 1.15. The third kappa shape index (κ3) is 3.19. The van der Waals surface area contributed by atoms with E-state index in [2.05, 4.69) is 29.5 Å². The molecule has 2 aromatic rings. The van der Waals surface area contributed by atoms with Crippen molar-refractivity contribution in [2.24, 2.45) is 0 Å². The first-order valence-electron chi connectivity index (χ1n) is 6.88. The van der Waals surface area contributed by atoms with Crippen LogP contribution in [0.15, 0.2) is 41.6 Å². The summed E-state index contributed by atoms with van der Waals surface area (Å²) in [6, 6.07) is 8.92. The zero-order valence-electron chi connectivity index (χ0n) is 11.4. The van der Waals surface area contributed by atoms with Crippen LogP contribution in [0.5, 0.6) is 0 Å². The van der Waals surface area contributed by atoms with E-state index >= 15 is 0 Å². The molecule has 0 fully saturated rings. The number of rotatable bonds is 4. The van der Waals surface area contributed by atoms with Gasteiger partial charge >= 0.3 is 0 Å². The Balaban J connectivity index is 1.71. The van der Waals surface area contributed by atoms with E-state index in [-0.39, 0.29) is 0 Å². The second-order valence-corrected chi connectivity index (χ2v) is 6.74. The number of benzene rings is 1. The molecule has 3 rings (SSSR count). The molecule has 1 aromatic heterocycles. The fourth-order valence-electron chi connectivity index (χ4n) is 2.62. The minimum Gasteiger partial charge on any atom is -0.306 e. The molecule has 3 nitrogen and oxygen atoms in total. The Bertz CT molecular complexity index is 571. The summed E-state index contributed by atoms with van der Waals surface area (Å²) < 4.78 is 1.97. The Morgan fingerprint density at radius 3 is 3.25 bits per heavy atom. The molecule has 0 radical (unpaired) electrons. The number of fused-ring (bicyclic) bond motifs is 1. The van der Waals surface area contributed by atoms with Gasteiger partial charge in [0.1, 0.15) is 0 Å². The quantitative estimate of drug-likeness (QED) is 0.933. The van der Waals surface area contributed by atoms with Crippen molar-refractivity contribution in [3.05, 3.63) is 47.2 Å². The third-order valence-corrected chi connectivity index (χ3v) is 4.87. The maximum Gasteiger partial charge on any atom is 0.0560 e. The fourth-order valence-corrected chi connectivity index (χ4v) is 3.91. The van der Waals surface area contributed by atoms with Crippen molar-refractivity contribution in [1.29, 1.82) is 0 Å². The molecule has 5 heteroatoms. The van der Waals surface area contributed by atoms with Gasteiger partial charge in [-0.05, 0) is 48.9 Å². The lowest BCUT2D eigenvalue weighted by molar-refractivity contribution is 0.389. The van der Waals surface area contributed by atoms with Crippen LogP contribution in [0.1, 0.15) is 24.9 Å². The lowest BCUT2D eigenvalue weighted by Gasteiger charge is -2.29. The maximum absolute atomic E-state index is 6.14. The fraction of sp³-hybridized carbons (Fsp3) is 0.400. The van der Waals surface area contributed by atoms with Crippen LogP contribution in [0, 0.1) is 0 Å². The molecule has 0 amide bonds. The minimum atomic E-state index is 0.370. The summed E-state index contributed by atoms with van der Waals surface area (Å²) in [7, 11) is 0. The average molecular weight is 308 g/mol. The highest BCUT2D eigenvalue weighted by molar-refractivity contribution is 7.99. The van der Waals surface area contributed by atoms with Crippen LogP contribution < -0.4 is 5.32 Å². The van der Waals surface area contributed by atoms with Crippen molar-refractivity contribution in [2.75, 3.05) is 5.75 Å². The van der Waals surface area contributed by atoms with Gasteiger partial charge in [0.25, 0.3) is 0 Å². The summed E-state index contributed by atoms with van der Waals surface area (Å²) in [5, 5.41) is 8.78. The molecule has 0 saturated heterocycles. The van der Waals surface area contributed by atoms with E-state index in [0.717, 1.165) is 23.7 Å². The van der Waals surface area contributed by atoms with Crippen LogP contribution in [0.3, 0.4) is 0 Å². The number of thioether (sulfide) groups is 1. The summed E-state index contributed by atoms with van der Waals surface area (Å²) in [5.41, 5.74) is 1.33. The number of halogens is 1. The SMILES string of the molecule is CC(Cn1cccn1)NC1CCSc2ccc(Cl)cc21.